The highest BCUT2D eigenvalue weighted by Crippen LogP contribution is 1.97. The molecule has 6 nitrogen and oxygen atoms in total. The lowest BCUT2D eigenvalue weighted by molar-refractivity contribution is -0.143. The Kier molecular flexibility index (Phi) is 5.21. The number of nitrogens with one attached hydrogen (secondary N) is 1. The highest BCUT2D eigenvalue weighted by molar-refractivity contribution is 5.82. The molecule has 1 heterocycles. The zero-order valence-electron chi connectivity index (χ0n) is 9.61. The van der Waals surface area contributed by atoms with Gasteiger partial charge in [0, 0.05) is 20.1 Å². The molecular weight excluding hydrogens is 210 g/mol. The maximum absolute atomic E-state index is 11.7. The molecule has 2 N–H and O–H groups in total. The minimum atomic E-state index is -0.978. The molecule has 1 amide bonds. The van der Waals surface area contributed by atoms with Gasteiger partial charge in [0.05, 0.1) is 6.54 Å². The van der Waals surface area contributed by atoms with Crippen LogP contribution < -0.4 is 5.32 Å². The molecule has 1 aliphatic heterocycles. The molecule has 16 heavy (non-hydrogen) atoms. The van der Waals surface area contributed by atoms with E-state index in [2.05, 4.69) is 10.2 Å². The van der Waals surface area contributed by atoms with Gasteiger partial charge < -0.3 is 15.3 Å². The minimum Gasteiger partial charge on any atom is -0.480 e. The highest BCUT2D eigenvalue weighted by Gasteiger charge is 2.16. The largest absolute Gasteiger partial charge is 0.480 e. The van der Waals surface area contributed by atoms with Gasteiger partial charge in [-0.05, 0) is 19.5 Å². The topological polar surface area (TPSA) is 72.9 Å². The van der Waals surface area contributed by atoms with Crippen molar-refractivity contribution in [2.24, 2.45) is 0 Å². The zero-order valence-corrected chi connectivity index (χ0v) is 9.61. The molecule has 0 unspecified atom stereocenters. The van der Waals surface area contributed by atoms with Crippen LogP contribution in [0.15, 0.2) is 0 Å². The smallest absolute Gasteiger partial charge is 0.323 e. The van der Waals surface area contributed by atoms with Crippen molar-refractivity contribution in [1.29, 1.82) is 0 Å². The van der Waals surface area contributed by atoms with Gasteiger partial charge >= 0.3 is 5.97 Å². The van der Waals surface area contributed by atoms with Crippen molar-refractivity contribution in [3.8, 4) is 0 Å². The van der Waals surface area contributed by atoms with Crippen molar-refractivity contribution in [3.05, 3.63) is 0 Å². The summed E-state index contributed by atoms with van der Waals surface area (Å²) in [5.41, 5.74) is 0. The predicted molar refractivity (Wildman–Crippen MR) is 59.2 cm³/mol. The fourth-order valence-electron chi connectivity index (χ4n) is 1.66. The summed E-state index contributed by atoms with van der Waals surface area (Å²) in [5, 5.41) is 11.8. The molecule has 0 aromatic carbocycles. The van der Waals surface area contributed by atoms with E-state index in [1.165, 1.54) is 11.9 Å². The summed E-state index contributed by atoms with van der Waals surface area (Å²) in [6.07, 6.45) is 1.02. The van der Waals surface area contributed by atoms with Crippen LogP contribution in [0.4, 0.5) is 0 Å². The third-order valence-corrected chi connectivity index (χ3v) is 2.59. The standard InChI is InChI=1S/C10H19N3O3/c1-12(8-10(15)16)9(14)7-13-5-2-3-11-4-6-13/h11H,2-8H2,1H3,(H,15,16). The molecule has 0 saturated carbocycles. The summed E-state index contributed by atoms with van der Waals surface area (Å²) < 4.78 is 0. The normalized spacial score (nSPS) is 17.8. The first kappa shape index (κ1) is 12.9. The molecule has 0 bridgehead atoms. The van der Waals surface area contributed by atoms with Crippen LogP contribution in [-0.2, 0) is 9.59 Å². The number of hydrogen-bond donors (Lipinski definition) is 2. The minimum absolute atomic E-state index is 0.135. The van der Waals surface area contributed by atoms with Crippen molar-refractivity contribution in [1.82, 2.24) is 15.1 Å². The van der Waals surface area contributed by atoms with Crippen molar-refractivity contribution in [2.75, 3.05) is 46.3 Å². The number of amides is 1. The molecule has 0 spiro atoms. The molecular formula is C10H19N3O3. The number of carboxylic acids is 1. The van der Waals surface area contributed by atoms with Crippen LogP contribution in [0.5, 0.6) is 0 Å². The van der Waals surface area contributed by atoms with Crippen LogP contribution in [0.25, 0.3) is 0 Å². The van der Waals surface area contributed by atoms with Crippen LogP contribution in [0.2, 0.25) is 0 Å². The molecule has 6 heteroatoms. The van der Waals surface area contributed by atoms with Gasteiger partial charge in [-0.1, -0.05) is 0 Å². The first-order chi connectivity index (χ1) is 7.59. The third-order valence-electron chi connectivity index (χ3n) is 2.59. The highest BCUT2D eigenvalue weighted by atomic mass is 16.4. The molecule has 1 aliphatic rings. The van der Waals surface area contributed by atoms with Crippen molar-refractivity contribution in [3.63, 3.8) is 0 Å². The summed E-state index contributed by atoms with van der Waals surface area (Å²) >= 11 is 0. The Hall–Kier alpha value is -1.14. The Balaban J connectivity index is 2.34. The van der Waals surface area contributed by atoms with Gasteiger partial charge in [-0.15, -0.1) is 0 Å². The SMILES string of the molecule is CN(CC(=O)O)C(=O)CN1CCCNCC1. The van der Waals surface area contributed by atoms with Crippen LogP contribution in [-0.4, -0.2) is 73.1 Å². The summed E-state index contributed by atoms with van der Waals surface area (Å²) in [6.45, 7) is 3.67. The lowest BCUT2D eigenvalue weighted by atomic mass is 10.3. The lowest BCUT2D eigenvalue weighted by Gasteiger charge is -2.22. The van der Waals surface area contributed by atoms with Crippen molar-refractivity contribution in [2.45, 2.75) is 6.42 Å². The number of carbonyl (C=O) groups excluding carboxylic acids is 1. The van der Waals surface area contributed by atoms with E-state index in [4.69, 9.17) is 5.11 Å². The Labute approximate surface area is 95.2 Å². The number of rotatable bonds is 4. The zero-order chi connectivity index (χ0) is 12.0. The van der Waals surface area contributed by atoms with Crippen LogP contribution >= 0.6 is 0 Å². The number of aliphatic carboxylic acids is 1. The van der Waals surface area contributed by atoms with Crippen LogP contribution in [0.1, 0.15) is 6.42 Å². The van der Waals surface area contributed by atoms with Gasteiger partial charge in [-0.2, -0.15) is 0 Å². The number of carbonyl (C=O) groups is 2. The molecule has 0 atom stereocenters. The van der Waals surface area contributed by atoms with Gasteiger partial charge in [-0.3, -0.25) is 14.5 Å². The molecule has 0 aromatic heterocycles. The first-order valence-corrected chi connectivity index (χ1v) is 5.48. The summed E-state index contributed by atoms with van der Waals surface area (Å²) in [7, 11) is 1.52. The van der Waals surface area contributed by atoms with Crippen LogP contribution in [0, 0.1) is 0 Å². The molecule has 1 rings (SSSR count). The lowest BCUT2D eigenvalue weighted by Crippen LogP contribution is -2.41. The number of hydrogen-bond acceptors (Lipinski definition) is 4. The average molecular weight is 229 g/mol. The molecule has 92 valence electrons. The molecule has 1 saturated heterocycles. The summed E-state index contributed by atoms with van der Waals surface area (Å²) in [4.78, 5) is 25.4. The van der Waals surface area contributed by atoms with Gasteiger partial charge in [0.1, 0.15) is 6.54 Å². The van der Waals surface area contributed by atoms with Gasteiger partial charge in [-0.25, -0.2) is 0 Å². The Bertz CT molecular complexity index is 250. The summed E-state index contributed by atoms with van der Waals surface area (Å²) in [5.74, 6) is -1.11. The third kappa shape index (κ3) is 4.59. The summed E-state index contributed by atoms with van der Waals surface area (Å²) in [6, 6.07) is 0. The predicted octanol–water partition coefficient (Wildman–Crippen LogP) is -1.18. The molecule has 0 aliphatic carbocycles. The first-order valence-electron chi connectivity index (χ1n) is 5.48. The maximum Gasteiger partial charge on any atom is 0.323 e. The van der Waals surface area contributed by atoms with E-state index >= 15 is 0 Å². The van der Waals surface area contributed by atoms with Gasteiger partial charge in [0.25, 0.3) is 0 Å². The van der Waals surface area contributed by atoms with Gasteiger partial charge in [0.15, 0.2) is 0 Å². The van der Waals surface area contributed by atoms with Crippen LogP contribution in [0.3, 0.4) is 0 Å². The van der Waals surface area contributed by atoms with Crippen molar-refractivity contribution < 1.29 is 14.7 Å². The Morgan fingerprint density at radius 1 is 1.38 bits per heavy atom. The number of nitrogens with zero attached hydrogens (tertiary/aromatic N) is 2. The average Bonchev–Trinajstić information content (AvgIpc) is 2.45. The quantitative estimate of drug-likeness (QED) is 0.635. The second kappa shape index (κ2) is 6.44. The van der Waals surface area contributed by atoms with E-state index in [1.54, 1.807) is 0 Å². The molecule has 1 fully saturated rings. The van der Waals surface area contributed by atoms with Gasteiger partial charge in [0.2, 0.25) is 5.91 Å². The van der Waals surface area contributed by atoms with E-state index in [1.807, 2.05) is 0 Å². The number of carboxylic acid groups (broad SMARTS) is 1. The van der Waals surface area contributed by atoms with Crippen molar-refractivity contribution >= 4 is 11.9 Å². The van der Waals surface area contributed by atoms with E-state index in [0.29, 0.717) is 6.54 Å². The van der Waals surface area contributed by atoms with E-state index < -0.39 is 5.97 Å². The fraction of sp³-hybridized carbons (Fsp3) is 0.800. The monoisotopic (exact) mass is 229 g/mol. The Morgan fingerprint density at radius 2 is 2.12 bits per heavy atom. The fourth-order valence-corrected chi connectivity index (χ4v) is 1.66. The van der Waals surface area contributed by atoms with E-state index in [0.717, 1.165) is 32.6 Å². The second-order valence-electron chi connectivity index (χ2n) is 4.02. The molecule has 0 radical (unpaired) electrons. The maximum atomic E-state index is 11.7. The molecule has 0 aromatic rings. The van der Waals surface area contributed by atoms with E-state index in [9.17, 15) is 9.59 Å². The van der Waals surface area contributed by atoms with E-state index in [-0.39, 0.29) is 12.5 Å². The Morgan fingerprint density at radius 3 is 2.81 bits per heavy atom. The number of likely N-dealkylation sites (N-methyl/N-ethyl adjacent to an activating group) is 1. The second-order valence-corrected chi connectivity index (χ2v) is 4.02.